The summed E-state index contributed by atoms with van der Waals surface area (Å²) in [6, 6.07) is 1.89. The summed E-state index contributed by atoms with van der Waals surface area (Å²) in [4.78, 5) is 12.7. The predicted octanol–water partition coefficient (Wildman–Crippen LogP) is 2.56. The summed E-state index contributed by atoms with van der Waals surface area (Å²) in [7, 11) is 0. The van der Waals surface area contributed by atoms with Crippen molar-refractivity contribution >= 4 is 38.9 Å². The number of rotatable bonds is 1. The van der Waals surface area contributed by atoms with Crippen LogP contribution in [0, 0.1) is 0 Å². The molecule has 0 bridgehead atoms. The van der Waals surface area contributed by atoms with Gasteiger partial charge in [-0.25, -0.2) is 0 Å². The molecule has 0 aliphatic carbocycles. The molecule has 0 saturated heterocycles. The average molecular weight is 183 g/mol. The minimum atomic E-state index is 0.123. The lowest BCUT2D eigenvalue weighted by molar-refractivity contribution is 0.102. The third-order valence-electron chi connectivity index (χ3n) is 1.40. The number of ketones is 1. The van der Waals surface area contributed by atoms with Crippen LogP contribution >= 0.6 is 22.9 Å². The molecule has 0 radical (unpaired) electrons. The highest BCUT2D eigenvalue weighted by molar-refractivity contribution is 7.22. The number of carbonyl (C=O) groups is 1. The van der Waals surface area contributed by atoms with Crippen LogP contribution in [-0.2, 0) is 0 Å². The topological polar surface area (TPSA) is 30.0 Å². The van der Waals surface area contributed by atoms with Gasteiger partial charge in [-0.15, -0.1) is 11.3 Å². The summed E-state index contributed by atoms with van der Waals surface area (Å²) >= 11 is 2.89. The maximum atomic E-state index is 10.9. The minimum absolute atomic E-state index is 0.123. The first-order valence-electron chi connectivity index (χ1n) is 3.12. The van der Waals surface area contributed by atoms with E-state index in [9.17, 15) is 4.79 Å². The van der Waals surface area contributed by atoms with E-state index < -0.39 is 0 Å². The van der Waals surface area contributed by atoms with Gasteiger partial charge in [0.1, 0.15) is 4.83 Å². The van der Waals surface area contributed by atoms with Gasteiger partial charge in [0.2, 0.25) is 0 Å². The van der Waals surface area contributed by atoms with Crippen LogP contribution in [0.5, 0.6) is 0 Å². The van der Waals surface area contributed by atoms with E-state index in [1.54, 1.807) is 6.92 Å². The zero-order valence-electron chi connectivity index (χ0n) is 5.83. The van der Waals surface area contributed by atoms with E-state index >= 15 is 0 Å². The van der Waals surface area contributed by atoms with E-state index in [1.165, 1.54) is 22.9 Å². The molecule has 0 fully saturated rings. The van der Waals surface area contributed by atoms with Gasteiger partial charge in [0.05, 0.1) is 4.88 Å². The SMILES string of the molecule is CC(=O)c1cc2csnc2s1. The maximum Gasteiger partial charge on any atom is 0.169 e. The largest absolute Gasteiger partial charge is 0.294 e. The van der Waals surface area contributed by atoms with Gasteiger partial charge in [0.25, 0.3) is 0 Å². The van der Waals surface area contributed by atoms with Gasteiger partial charge in [-0.3, -0.25) is 4.79 Å². The van der Waals surface area contributed by atoms with E-state index in [0.29, 0.717) is 0 Å². The Hall–Kier alpha value is -0.740. The third-order valence-corrected chi connectivity index (χ3v) is 3.31. The molecule has 0 unspecified atom stereocenters. The molecule has 0 spiro atoms. The molecule has 0 atom stereocenters. The van der Waals surface area contributed by atoms with Crippen molar-refractivity contribution in [3.63, 3.8) is 0 Å². The highest BCUT2D eigenvalue weighted by atomic mass is 32.1. The fourth-order valence-electron chi connectivity index (χ4n) is 0.856. The second-order valence-electron chi connectivity index (χ2n) is 2.24. The Labute approximate surface area is 71.6 Å². The van der Waals surface area contributed by atoms with Crippen molar-refractivity contribution in [1.29, 1.82) is 0 Å². The zero-order chi connectivity index (χ0) is 7.84. The minimum Gasteiger partial charge on any atom is -0.294 e. The molecule has 0 aliphatic rings. The van der Waals surface area contributed by atoms with Gasteiger partial charge in [0.15, 0.2) is 5.78 Å². The van der Waals surface area contributed by atoms with Crippen molar-refractivity contribution in [2.45, 2.75) is 6.92 Å². The number of fused-ring (bicyclic) bond motifs is 1. The number of aromatic nitrogens is 1. The van der Waals surface area contributed by atoms with Crippen molar-refractivity contribution in [1.82, 2.24) is 4.37 Å². The summed E-state index contributed by atoms with van der Waals surface area (Å²) in [5, 5.41) is 3.04. The number of hydrogen-bond acceptors (Lipinski definition) is 4. The van der Waals surface area contributed by atoms with Crippen LogP contribution in [0.4, 0.5) is 0 Å². The molecule has 2 aromatic heterocycles. The molecule has 56 valence electrons. The standard InChI is InChI=1S/C7H5NOS2/c1-4(9)6-2-5-3-10-8-7(5)11-6/h2-3H,1H3. The molecule has 2 nitrogen and oxygen atoms in total. The Balaban J connectivity index is 2.67. The Kier molecular flexibility index (Phi) is 1.51. The van der Waals surface area contributed by atoms with Crippen molar-refractivity contribution < 1.29 is 4.79 Å². The van der Waals surface area contributed by atoms with Gasteiger partial charge in [-0.05, 0) is 24.5 Å². The molecule has 0 amide bonds. The van der Waals surface area contributed by atoms with Crippen molar-refractivity contribution in [2.24, 2.45) is 0 Å². The van der Waals surface area contributed by atoms with E-state index in [1.807, 2.05) is 11.4 Å². The molecular weight excluding hydrogens is 178 g/mol. The highest BCUT2D eigenvalue weighted by Gasteiger charge is 2.06. The van der Waals surface area contributed by atoms with Gasteiger partial charge >= 0.3 is 0 Å². The van der Waals surface area contributed by atoms with Crippen LogP contribution in [0.1, 0.15) is 16.6 Å². The van der Waals surface area contributed by atoms with Crippen LogP contribution in [0.25, 0.3) is 10.2 Å². The normalized spacial score (nSPS) is 10.6. The van der Waals surface area contributed by atoms with Crippen molar-refractivity contribution in [3.05, 3.63) is 16.3 Å². The Morgan fingerprint density at radius 1 is 1.64 bits per heavy atom. The summed E-state index contributed by atoms with van der Waals surface area (Å²) in [5.41, 5.74) is 0. The molecule has 0 N–H and O–H groups in total. The van der Waals surface area contributed by atoms with Crippen LogP contribution in [-0.4, -0.2) is 10.2 Å². The summed E-state index contributed by atoms with van der Waals surface area (Å²) in [5.74, 6) is 0.123. The lowest BCUT2D eigenvalue weighted by Crippen LogP contribution is -1.83. The van der Waals surface area contributed by atoms with Crippen LogP contribution in [0.3, 0.4) is 0 Å². The average Bonchev–Trinajstić information content (AvgIpc) is 2.40. The molecule has 0 saturated carbocycles. The number of thiophene rings is 1. The van der Waals surface area contributed by atoms with Crippen molar-refractivity contribution in [2.75, 3.05) is 0 Å². The van der Waals surface area contributed by atoms with Gasteiger partial charge in [-0.2, -0.15) is 4.37 Å². The second-order valence-corrected chi connectivity index (χ2v) is 3.90. The fraction of sp³-hybridized carbons (Fsp3) is 0.143. The first-order valence-corrected chi connectivity index (χ1v) is 4.77. The predicted molar refractivity (Wildman–Crippen MR) is 47.5 cm³/mol. The second kappa shape index (κ2) is 2.39. The van der Waals surface area contributed by atoms with Gasteiger partial charge in [-0.1, -0.05) is 0 Å². The molecule has 2 aromatic rings. The lowest BCUT2D eigenvalue weighted by Gasteiger charge is -1.80. The smallest absolute Gasteiger partial charge is 0.169 e. The number of hydrogen-bond donors (Lipinski definition) is 0. The van der Waals surface area contributed by atoms with E-state index in [4.69, 9.17) is 0 Å². The molecule has 2 heterocycles. The molecular formula is C7H5NOS2. The van der Waals surface area contributed by atoms with E-state index in [0.717, 1.165) is 15.1 Å². The summed E-state index contributed by atoms with van der Waals surface area (Å²) in [6.07, 6.45) is 0. The monoisotopic (exact) mass is 183 g/mol. The van der Waals surface area contributed by atoms with Crippen LogP contribution in [0.15, 0.2) is 11.4 Å². The molecule has 11 heavy (non-hydrogen) atoms. The first-order chi connectivity index (χ1) is 5.27. The van der Waals surface area contributed by atoms with E-state index in [-0.39, 0.29) is 5.78 Å². The fourth-order valence-corrected chi connectivity index (χ4v) is 2.53. The van der Waals surface area contributed by atoms with E-state index in [2.05, 4.69) is 4.37 Å². The maximum absolute atomic E-state index is 10.9. The Morgan fingerprint density at radius 2 is 2.45 bits per heavy atom. The third kappa shape index (κ3) is 1.08. The number of Topliss-reactive ketones (excluding diaryl/α,β-unsaturated/α-hetero) is 1. The first kappa shape index (κ1) is 6.94. The number of nitrogens with zero attached hydrogens (tertiary/aromatic N) is 1. The molecule has 2 rings (SSSR count). The summed E-state index contributed by atoms with van der Waals surface area (Å²) < 4.78 is 4.13. The highest BCUT2D eigenvalue weighted by Crippen LogP contribution is 2.25. The van der Waals surface area contributed by atoms with Crippen LogP contribution in [0.2, 0.25) is 0 Å². The van der Waals surface area contributed by atoms with Crippen LogP contribution < -0.4 is 0 Å². The Morgan fingerprint density at radius 3 is 3.09 bits per heavy atom. The molecule has 0 aromatic carbocycles. The molecule has 4 heteroatoms. The molecule has 0 aliphatic heterocycles. The zero-order valence-corrected chi connectivity index (χ0v) is 7.46. The van der Waals surface area contributed by atoms with Crippen molar-refractivity contribution in [3.8, 4) is 0 Å². The van der Waals surface area contributed by atoms with Gasteiger partial charge < -0.3 is 0 Å². The van der Waals surface area contributed by atoms with Gasteiger partial charge in [0, 0.05) is 10.8 Å². The quantitative estimate of drug-likeness (QED) is 0.636. The lowest BCUT2D eigenvalue weighted by atomic mass is 10.3. The Bertz CT molecular complexity index is 373. The number of carbonyl (C=O) groups excluding carboxylic acids is 1. The summed E-state index contributed by atoms with van der Waals surface area (Å²) in [6.45, 7) is 1.58.